The molecule has 1 N–H and O–H groups in total. The Morgan fingerprint density at radius 3 is 2.68 bits per heavy atom. The Kier molecular flexibility index (Phi) is 4.43. The van der Waals surface area contributed by atoms with Crippen LogP contribution < -0.4 is 5.32 Å². The summed E-state index contributed by atoms with van der Waals surface area (Å²) in [4.78, 5) is 26.2. The predicted molar refractivity (Wildman–Crippen MR) is 82.2 cm³/mol. The molecule has 0 bridgehead atoms. The number of ether oxygens (including phenoxy) is 1. The molecule has 0 unspecified atom stereocenters. The second-order valence-electron chi connectivity index (χ2n) is 5.91. The normalized spacial score (nSPS) is 18.1. The molecule has 2 heterocycles. The highest BCUT2D eigenvalue weighted by molar-refractivity contribution is 5.94. The lowest BCUT2D eigenvalue weighted by Gasteiger charge is -2.31. The average Bonchev–Trinajstić information content (AvgIpc) is 3.02. The van der Waals surface area contributed by atoms with Crippen LogP contribution in [0.3, 0.4) is 0 Å². The molecule has 22 heavy (non-hydrogen) atoms. The third-order valence-corrected chi connectivity index (χ3v) is 4.49. The standard InChI is InChI=1S/C17H22N2O3/c1-2-22-17(21)12-5-7-19(8-6-12)16(20)13-3-4-14-10-18-11-15(14)9-13/h3-4,9,12,18H,2,5-8,10-11H2,1H3. The number of esters is 1. The maximum atomic E-state index is 12.6. The van der Waals surface area contributed by atoms with Crippen molar-refractivity contribution in [3.8, 4) is 0 Å². The number of amides is 1. The van der Waals surface area contributed by atoms with Crippen LogP contribution in [-0.4, -0.2) is 36.5 Å². The topological polar surface area (TPSA) is 58.6 Å². The lowest BCUT2D eigenvalue weighted by molar-refractivity contribution is -0.149. The molecule has 2 aliphatic heterocycles. The van der Waals surface area contributed by atoms with E-state index in [1.54, 1.807) is 0 Å². The summed E-state index contributed by atoms with van der Waals surface area (Å²) in [5, 5.41) is 3.29. The molecular weight excluding hydrogens is 280 g/mol. The van der Waals surface area contributed by atoms with Crippen molar-refractivity contribution in [2.24, 2.45) is 5.92 Å². The molecule has 0 atom stereocenters. The highest BCUT2D eigenvalue weighted by Gasteiger charge is 2.28. The third kappa shape index (κ3) is 2.99. The van der Waals surface area contributed by atoms with Crippen molar-refractivity contribution in [2.75, 3.05) is 19.7 Å². The Balaban J connectivity index is 1.61. The Labute approximate surface area is 130 Å². The third-order valence-electron chi connectivity index (χ3n) is 4.49. The lowest BCUT2D eigenvalue weighted by atomic mass is 9.96. The van der Waals surface area contributed by atoms with Crippen LogP contribution >= 0.6 is 0 Å². The zero-order valence-corrected chi connectivity index (χ0v) is 12.9. The van der Waals surface area contributed by atoms with E-state index in [1.807, 2.05) is 30.0 Å². The summed E-state index contributed by atoms with van der Waals surface area (Å²) in [6, 6.07) is 5.94. The minimum Gasteiger partial charge on any atom is -0.466 e. The number of piperidine rings is 1. The summed E-state index contributed by atoms with van der Waals surface area (Å²) in [6.45, 7) is 5.20. The van der Waals surface area contributed by atoms with E-state index in [2.05, 4.69) is 5.32 Å². The van der Waals surface area contributed by atoms with Gasteiger partial charge in [-0.15, -0.1) is 0 Å². The number of carbonyl (C=O) groups excluding carboxylic acids is 2. The highest BCUT2D eigenvalue weighted by Crippen LogP contribution is 2.22. The number of carbonyl (C=O) groups is 2. The van der Waals surface area contributed by atoms with Gasteiger partial charge in [0.25, 0.3) is 5.91 Å². The van der Waals surface area contributed by atoms with Crippen molar-refractivity contribution in [3.05, 3.63) is 34.9 Å². The number of fused-ring (bicyclic) bond motifs is 1. The summed E-state index contributed by atoms with van der Waals surface area (Å²) in [7, 11) is 0. The van der Waals surface area contributed by atoms with Crippen molar-refractivity contribution in [1.29, 1.82) is 0 Å². The molecule has 1 aromatic carbocycles. The van der Waals surface area contributed by atoms with Crippen LogP contribution in [0.4, 0.5) is 0 Å². The smallest absolute Gasteiger partial charge is 0.309 e. The fourth-order valence-corrected chi connectivity index (χ4v) is 3.19. The van der Waals surface area contributed by atoms with Crippen LogP contribution in [0.2, 0.25) is 0 Å². The molecule has 1 fully saturated rings. The summed E-state index contributed by atoms with van der Waals surface area (Å²) in [6.07, 6.45) is 1.38. The van der Waals surface area contributed by atoms with Gasteiger partial charge in [-0.25, -0.2) is 0 Å². The van der Waals surface area contributed by atoms with Crippen LogP contribution in [0.15, 0.2) is 18.2 Å². The van der Waals surface area contributed by atoms with E-state index in [0.29, 0.717) is 32.5 Å². The van der Waals surface area contributed by atoms with Gasteiger partial charge in [-0.05, 0) is 43.0 Å². The summed E-state index contributed by atoms with van der Waals surface area (Å²) >= 11 is 0. The first-order valence-electron chi connectivity index (χ1n) is 7.97. The second kappa shape index (κ2) is 6.48. The van der Waals surface area contributed by atoms with E-state index in [9.17, 15) is 9.59 Å². The summed E-state index contributed by atoms with van der Waals surface area (Å²) < 4.78 is 5.06. The minimum absolute atomic E-state index is 0.0618. The summed E-state index contributed by atoms with van der Waals surface area (Å²) in [5.41, 5.74) is 3.24. The second-order valence-corrected chi connectivity index (χ2v) is 5.91. The first-order chi connectivity index (χ1) is 10.7. The van der Waals surface area contributed by atoms with Crippen molar-refractivity contribution in [1.82, 2.24) is 10.2 Å². The number of likely N-dealkylation sites (tertiary alicyclic amines) is 1. The van der Waals surface area contributed by atoms with E-state index in [1.165, 1.54) is 11.1 Å². The Bertz CT molecular complexity index is 577. The van der Waals surface area contributed by atoms with Gasteiger partial charge < -0.3 is 15.0 Å². The molecule has 1 aromatic rings. The largest absolute Gasteiger partial charge is 0.466 e. The molecule has 3 rings (SSSR count). The van der Waals surface area contributed by atoms with Gasteiger partial charge in [-0.3, -0.25) is 9.59 Å². The molecule has 2 aliphatic rings. The van der Waals surface area contributed by atoms with Gasteiger partial charge >= 0.3 is 5.97 Å². The van der Waals surface area contributed by atoms with Crippen LogP contribution in [0.1, 0.15) is 41.3 Å². The zero-order chi connectivity index (χ0) is 15.5. The first kappa shape index (κ1) is 15.0. The van der Waals surface area contributed by atoms with E-state index >= 15 is 0 Å². The molecule has 0 saturated carbocycles. The van der Waals surface area contributed by atoms with Crippen molar-refractivity contribution in [3.63, 3.8) is 0 Å². The van der Waals surface area contributed by atoms with Gasteiger partial charge in [0.05, 0.1) is 12.5 Å². The molecule has 1 amide bonds. The number of nitrogens with one attached hydrogen (secondary N) is 1. The Morgan fingerprint density at radius 2 is 1.95 bits per heavy atom. The quantitative estimate of drug-likeness (QED) is 0.864. The Hall–Kier alpha value is -1.88. The zero-order valence-electron chi connectivity index (χ0n) is 12.9. The molecule has 0 radical (unpaired) electrons. The van der Waals surface area contributed by atoms with Crippen LogP contribution in [0.25, 0.3) is 0 Å². The number of nitrogens with zero attached hydrogens (tertiary/aromatic N) is 1. The monoisotopic (exact) mass is 302 g/mol. The van der Waals surface area contributed by atoms with Crippen LogP contribution in [-0.2, 0) is 22.6 Å². The first-order valence-corrected chi connectivity index (χ1v) is 7.97. The molecule has 118 valence electrons. The Morgan fingerprint density at radius 1 is 1.23 bits per heavy atom. The minimum atomic E-state index is -0.127. The highest BCUT2D eigenvalue weighted by atomic mass is 16.5. The molecule has 0 spiro atoms. The van der Waals surface area contributed by atoms with Gasteiger partial charge in [0.15, 0.2) is 0 Å². The van der Waals surface area contributed by atoms with E-state index in [4.69, 9.17) is 4.74 Å². The molecule has 5 heteroatoms. The van der Waals surface area contributed by atoms with E-state index < -0.39 is 0 Å². The number of hydrogen-bond acceptors (Lipinski definition) is 4. The van der Waals surface area contributed by atoms with E-state index in [0.717, 1.165) is 18.7 Å². The van der Waals surface area contributed by atoms with Crippen molar-refractivity contribution < 1.29 is 14.3 Å². The molecule has 0 aliphatic carbocycles. The maximum absolute atomic E-state index is 12.6. The van der Waals surface area contributed by atoms with E-state index in [-0.39, 0.29) is 17.8 Å². The fraction of sp³-hybridized carbons (Fsp3) is 0.529. The molecule has 0 aromatic heterocycles. The van der Waals surface area contributed by atoms with Gasteiger partial charge in [0.2, 0.25) is 0 Å². The number of hydrogen-bond donors (Lipinski definition) is 1. The van der Waals surface area contributed by atoms with Gasteiger partial charge in [0.1, 0.15) is 0 Å². The fourth-order valence-electron chi connectivity index (χ4n) is 3.19. The number of rotatable bonds is 3. The lowest BCUT2D eigenvalue weighted by Crippen LogP contribution is -2.40. The van der Waals surface area contributed by atoms with Gasteiger partial charge in [-0.2, -0.15) is 0 Å². The van der Waals surface area contributed by atoms with Gasteiger partial charge in [-0.1, -0.05) is 6.07 Å². The average molecular weight is 302 g/mol. The maximum Gasteiger partial charge on any atom is 0.309 e. The number of benzene rings is 1. The van der Waals surface area contributed by atoms with Gasteiger partial charge in [0, 0.05) is 31.7 Å². The molecule has 1 saturated heterocycles. The van der Waals surface area contributed by atoms with Crippen molar-refractivity contribution in [2.45, 2.75) is 32.9 Å². The summed E-state index contributed by atoms with van der Waals surface area (Å²) in [5.74, 6) is -0.122. The van der Waals surface area contributed by atoms with Crippen molar-refractivity contribution >= 4 is 11.9 Å². The predicted octanol–water partition coefficient (Wildman–Crippen LogP) is 1.71. The van der Waals surface area contributed by atoms with Crippen LogP contribution in [0.5, 0.6) is 0 Å². The molecule has 5 nitrogen and oxygen atoms in total. The molecular formula is C17H22N2O3. The SMILES string of the molecule is CCOC(=O)C1CCN(C(=O)c2ccc3c(c2)CNC3)CC1. The van der Waals surface area contributed by atoms with Crippen LogP contribution in [0, 0.1) is 5.92 Å².